The molecule has 30 heavy (non-hydrogen) atoms. The number of nitrogens with zero attached hydrogens (tertiary/aromatic N) is 3. The van der Waals surface area contributed by atoms with Crippen LogP contribution >= 0.6 is 0 Å². The largest absolute Gasteiger partial charge is 0.351 e. The molecule has 0 unspecified atom stereocenters. The highest BCUT2D eigenvalue weighted by atomic mass is 32.2. The lowest BCUT2D eigenvalue weighted by Gasteiger charge is -2.37. The Hall–Kier alpha value is -2.38. The third-order valence-corrected chi connectivity index (χ3v) is 7.79. The van der Waals surface area contributed by atoms with E-state index in [4.69, 9.17) is 0 Å². The van der Waals surface area contributed by atoms with Gasteiger partial charge in [-0.2, -0.15) is 4.31 Å². The van der Waals surface area contributed by atoms with E-state index in [9.17, 15) is 13.2 Å². The second-order valence-electron chi connectivity index (χ2n) is 8.12. The number of carbonyl (C=O) groups is 1. The fraction of sp³-hybridized carbons (Fsp3) is 0.435. The molecule has 2 fully saturated rings. The summed E-state index contributed by atoms with van der Waals surface area (Å²) in [6.45, 7) is 2.36. The van der Waals surface area contributed by atoms with Crippen molar-refractivity contribution in [2.45, 2.75) is 31.7 Å². The second kappa shape index (κ2) is 9.18. The minimum Gasteiger partial charge on any atom is -0.351 e. The van der Waals surface area contributed by atoms with Crippen molar-refractivity contribution in [3.63, 3.8) is 0 Å². The molecule has 0 bridgehead atoms. The summed E-state index contributed by atoms with van der Waals surface area (Å²) in [4.78, 5) is 14.9. The van der Waals surface area contributed by atoms with E-state index in [1.807, 2.05) is 47.4 Å². The van der Waals surface area contributed by atoms with Gasteiger partial charge in [-0.15, -0.1) is 0 Å². The molecule has 0 atom stereocenters. The molecule has 3 heterocycles. The summed E-state index contributed by atoms with van der Waals surface area (Å²) >= 11 is 0. The van der Waals surface area contributed by atoms with Crippen LogP contribution in [0.3, 0.4) is 0 Å². The first-order valence-electron chi connectivity index (χ1n) is 10.7. The van der Waals surface area contributed by atoms with Gasteiger partial charge in [-0.3, -0.25) is 4.79 Å². The van der Waals surface area contributed by atoms with Gasteiger partial charge in [0.2, 0.25) is 15.9 Å². The molecule has 2 aromatic rings. The van der Waals surface area contributed by atoms with E-state index in [0.29, 0.717) is 32.0 Å². The molecule has 160 valence electrons. The van der Waals surface area contributed by atoms with Crippen molar-refractivity contribution >= 4 is 22.0 Å². The number of likely N-dealkylation sites (tertiary alicyclic amines) is 1. The predicted octanol–water partition coefficient (Wildman–Crippen LogP) is 3.36. The van der Waals surface area contributed by atoms with Gasteiger partial charge in [0.25, 0.3) is 0 Å². The fourth-order valence-electron chi connectivity index (χ4n) is 4.41. The van der Waals surface area contributed by atoms with Gasteiger partial charge in [-0.25, -0.2) is 8.42 Å². The number of benzene rings is 1. The maximum atomic E-state index is 13.0. The Morgan fingerprint density at radius 1 is 0.867 bits per heavy atom. The van der Waals surface area contributed by atoms with Crippen LogP contribution in [0.1, 0.15) is 37.3 Å². The van der Waals surface area contributed by atoms with Crippen LogP contribution in [0.4, 0.5) is 0 Å². The Labute approximate surface area is 178 Å². The highest BCUT2D eigenvalue weighted by molar-refractivity contribution is 7.92. The third kappa shape index (κ3) is 4.84. The summed E-state index contributed by atoms with van der Waals surface area (Å²) in [5.74, 6) is 0.121. The Morgan fingerprint density at radius 2 is 1.50 bits per heavy atom. The Morgan fingerprint density at radius 3 is 2.13 bits per heavy atom. The minimum atomic E-state index is -3.46. The molecule has 1 aromatic heterocycles. The number of rotatable bonds is 5. The van der Waals surface area contributed by atoms with Crippen molar-refractivity contribution in [3.8, 4) is 0 Å². The summed E-state index contributed by atoms with van der Waals surface area (Å²) in [6, 6.07) is 13.9. The minimum absolute atomic E-state index is 0.0716. The maximum Gasteiger partial charge on any atom is 0.236 e. The van der Waals surface area contributed by atoms with E-state index in [2.05, 4.69) is 17.0 Å². The zero-order chi connectivity index (χ0) is 21.0. The first-order valence-corrected chi connectivity index (χ1v) is 12.2. The number of piperidine rings is 2. The van der Waals surface area contributed by atoms with E-state index in [1.54, 1.807) is 6.08 Å². The van der Waals surface area contributed by atoms with Gasteiger partial charge < -0.3 is 9.47 Å². The molecular weight excluding hydrogens is 398 g/mol. The molecule has 2 saturated heterocycles. The summed E-state index contributed by atoms with van der Waals surface area (Å²) in [7, 11) is -3.46. The van der Waals surface area contributed by atoms with Gasteiger partial charge in [-0.05, 0) is 49.5 Å². The maximum absolute atomic E-state index is 13.0. The van der Waals surface area contributed by atoms with Crippen LogP contribution in [0.2, 0.25) is 0 Å². The SMILES string of the molecule is O=C(C1CCN(S(=O)(=O)C=Cc2ccccc2)CC1)N1CCC(n2cccc2)CC1. The van der Waals surface area contributed by atoms with Crippen LogP contribution in [-0.2, 0) is 14.8 Å². The normalized spacial score (nSPS) is 20.1. The van der Waals surface area contributed by atoms with E-state index in [0.717, 1.165) is 31.5 Å². The Bertz CT molecular complexity index is 954. The summed E-state index contributed by atoms with van der Waals surface area (Å²) in [6.07, 6.45) is 8.93. The third-order valence-electron chi connectivity index (χ3n) is 6.22. The van der Waals surface area contributed by atoms with Gasteiger partial charge in [0.15, 0.2) is 0 Å². The molecule has 0 saturated carbocycles. The monoisotopic (exact) mass is 427 g/mol. The molecule has 1 aromatic carbocycles. The van der Waals surface area contributed by atoms with Gasteiger partial charge >= 0.3 is 0 Å². The molecule has 1 amide bonds. The molecule has 0 aliphatic carbocycles. The second-order valence-corrected chi connectivity index (χ2v) is 9.94. The van der Waals surface area contributed by atoms with Crippen molar-refractivity contribution in [2.24, 2.45) is 5.92 Å². The van der Waals surface area contributed by atoms with Gasteiger partial charge in [-0.1, -0.05) is 30.3 Å². The van der Waals surface area contributed by atoms with Crippen molar-refractivity contribution in [3.05, 3.63) is 65.8 Å². The van der Waals surface area contributed by atoms with Crippen LogP contribution in [0.5, 0.6) is 0 Å². The molecular formula is C23H29N3O3S. The number of hydrogen-bond acceptors (Lipinski definition) is 3. The lowest BCUT2D eigenvalue weighted by Crippen LogP contribution is -2.46. The van der Waals surface area contributed by atoms with Gasteiger partial charge in [0.05, 0.1) is 0 Å². The summed E-state index contributed by atoms with van der Waals surface area (Å²) < 4.78 is 29.0. The van der Waals surface area contributed by atoms with Crippen molar-refractivity contribution in [2.75, 3.05) is 26.2 Å². The number of amides is 1. The molecule has 6 nitrogen and oxygen atoms in total. The van der Waals surface area contributed by atoms with Crippen molar-refractivity contribution in [1.29, 1.82) is 0 Å². The molecule has 2 aliphatic rings. The van der Waals surface area contributed by atoms with Gasteiger partial charge in [0, 0.05) is 55.9 Å². The smallest absolute Gasteiger partial charge is 0.236 e. The van der Waals surface area contributed by atoms with Crippen molar-refractivity contribution in [1.82, 2.24) is 13.8 Å². The van der Waals surface area contributed by atoms with E-state index in [1.165, 1.54) is 9.71 Å². The Kier molecular flexibility index (Phi) is 6.39. The topological polar surface area (TPSA) is 62.6 Å². The summed E-state index contributed by atoms with van der Waals surface area (Å²) in [5.41, 5.74) is 0.856. The number of carbonyl (C=O) groups excluding carboxylic acids is 1. The molecule has 0 radical (unpaired) electrons. The average Bonchev–Trinajstić information content (AvgIpc) is 3.33. The first-order chi connectivity index (χ1) is 14.5. The number of hydrogen-bond donors (Lipinski definition) is 0. The zero-order valence-electron chi connectivity index (χ0n) is 17.1. The fourth-order valence-corrected chi connectivity index (χ4v) is 5.63. The van der Waals surface area contributed by atoms with Crippen LogP contribution in [-0.4, -0.2) is 54.3 Å². The highest BCUT2D eigenvalue weighted by Gasteiger charge is 2.33. The number of sulfonamides is 1. The molecule has 0 N–H and O–H groups in total. The highest BCUT2D eigenvalue weighted by Crippen LogP contribution is 2.27. The first kappa shape index (κ1) is 20.9. The van der Waals surface area contributed by atoms with Crippen LogP contribution in [0.15, 0.2) is 60.3 Å². The number of aromatic nitrogens is 1. The molecule has 4 rings (SSSR count). The Balaban J connectivity index is 1.28. The van der Waals surface area contributed by atoms with E-state index in [-0.39, 0.29) is 11.8 Å². The lowest BCUT2D eigenvalue weighted by atomic mass is 9.95. The van der Waals surface area contributed by atoms with E-state index < -0.39 is 10.0 Å². The standard InChI is InChI=1S/C23H29N3O3S/c27-23(25-15-10-22(11-16-25)24-13-4-5-14-24)21-8-17-26(18-9-21)30(28,29)19-12-20-6-2-1-3-7-20/h1-7,12-14,19,21-22H,8-11,15-18H2. The molecule has 7 heteroatoms. The van der Waals surface area contributed by atoms with Crippen LogP contribution < -0.4 is 0 Å². The van der Waals surface area contributed by atoms with Crippen LogP contribution in [0.25, 0.3) is 6.08 Å². The molecule has 0 spiro atoms. The van der Waals surface area contributed by atoms with Gasteiger partial charge in [0.1, 0.15) is 0 Å². The molecule has 2 aliphatic heterocycles. The zero-order valence-corrected chi connectivity index (χ0v) is 18.0. The summed E-state index contributed by atoms with van der Waals surface area (Å²) in [5, 5.41) is 1.27. The lowest BCUT2D eigenvalue weighted by molar-refractivity contribution is -0.138. The van der Waals surface area contributed by atoms with E-state index >= 15 is 0 Å². The quantitative estimate of drug-likeness (QED) is 0.735. The average molecular weight is 428 g/mol. The van der Waals surface area contributed by atoms with Crippen molar-refractivity contribution < 1.29 is 13.2 Å². The predicted molar refractivity (Wildman–Crippen MR) is 118 cm³/mol. The van der Waals surface area contributed by atoms with Crippen LogP contribution in [0, 0.1) is 5.92 Å².